The molecular weight excluding hydrogens is 326 g/mol. The third-order valence-electron chi connectivity index (χ3n) is 4.04. The number of nitrogens with zero attached hydrogens (tertiary/aromatic N) is 2. The van der Waals surface area contributed by atoms with Crippen molar-refractivity contribution in [3.05, 3.63) is 83.8 Å². The average molecular weight is 347 g/mol. The first kappa shape index (κ1) is 17.8. The Morgan fingerprint density at radius 1 is 1.00 bits per heavy atom. The summed E-state index contributed by atoms with van der Waals surface area (Å²) < 4.78 is 4.71. The number of aromatic nitrogens is 2. The molecule has 0 saturated carbocycles. The molecule has 1 N–H and O–H groups in total. The number of esters is 1. The number of benzene rings is 2. The van der Waals surface area contributed by atoms with Gasteiger partial charge < -0.3 is 10.1 Å². The predicted molar refractivity (Wildman–Crippen MR) is 100 cm³/mol. The van der Waals surface area contributed by atoms with Gasteiger partial charge in [0.05, 0.1) is 25.4 Å². The maximum absolute atomic E-state index is 11.4. The first-order valence-electron chi connectivity index (χ1n) is 8.45. The minimum atomic E-state index is -0.224. The van der Waals surface area contributed by atoms with E-state index in [0.29, 0.717) is 6.42 Å². The zero-order valence-electron chi connectivity index (χ0n) is 14.7. The molecule has 0 aliphatic rings. The van der Waals surface area contributed by atoms with Gasteiger partial charge in [-0.15, -0.1) is 0 Å². The third-order valence-corrected chi connectivity index (χ3v) is 4.04. The van der Waals surface area contributed by atoms with E-state index in [9.17, 15) is 4.79 Å². The van der Waals surface area contributed by atoms with Gasteiger partial charge in [-0.1, -0.05) is 48.5 Å². The highest BCUT2D eigenvalue weighted by Crippen LogP contribution is 2.16. The second-order valence-corrected chi connectivity index (χ2v) is 5.96. The average Bonchev–Trinajstić information content (AvgIpc) is 2.69. The molecular formula is C21H21N3O2. The van der Waals surface area contributed by atoms with E-state index in [4.69, 9.17) is 4.74 Å². The van der Waals surface area contributed by atoms with E-state index in [0.717, 1.165) is 35.5 Å². The molecule has 5 heteroatoms. The zero-order chi connectivity index (χ0) is 18.2. The van der Waals surface area contributed by atoms with Gasteiger partial charge in [0.25, 0.3) is 0 Å². The fourth-order valence-electron chi connectivity index (χ4n) is 2.68. The van der Waals surface area contributed by atoms with Crippen LogP contribution in [-0.4, -0.2) is 23.0 Å². The number of hydrogen-bond acceptors (Lipinski definition) is 5. The van der Waals surface area contributed by atoms with E-state index in [1.807, 2.05) is 24.3 Å². The van der Waals surface area contributed by atoms with E-state index < -0.39 is 0 Å². The van der Waals surface area contributed by atoms with Crippen LogP contribution < -0.4 is 5.32 Å². The molecule has 0 saturated heterocycles. The second kappa shape index (κ2) is 8.87. The summed E-state index contributed by atoms with van der Waals surface area (Å²) in [6, 6.07) is 16.3. The molecule has 1 aromatic heterocycles. The minimum absolute atomic E-state index is 0.224. The molecule has 0 fully saturated rings. The monoisotopic (exact) mass is 347 g/mol. The van der Waals surface area contributed by atoms with Gasteiger partial charge >= 0.3 is 5.97 Å². The zero-order valence-corrected chi connectivity index (χ0v) is 14.7. The Balaban J connectivity index is 1.53. The lowest BCUT2D eigenvalue weighted by Gasteiger charge is -2.08. The molecule has 0 spiro atoms. The topological polar surface area (TPSA) is 64.1 Å². The molecule has 0 radical (unpaired) electrons. The van der Waals surface area contributed by atoms with Crippen molar-refractivity contribution in [2.24, 2.45) is 0 Å². The van der Waals surface area contributed by atoms with E-state index in [1.165, 1.54) is 12.7 Å². The molecule has 5 nitrogen and oxygen atoms in total. The first-order valence-corrected chi connectivity index (χ1v) is 8.45. The highest BCUT2D eigenvalue weighted by atomic mass is 16.5. The van der Waals surface area contributed by atoms with Crippen LogP contribution in [0, 0.1) is 0 Å². The lowest BCUT2D eigenvalue weighted by molar-refractivity contribution is -0.139. The van der Waals surface area contributed by atoms with Crippen molar-refractivity contribution in [3.8, 4) is 11.3 Å². The van der Waals surface area contributed by atoms with Gasteiger partial charge in [0.1, 0.15) is 0 Å². The van der Waals surface area contributed by atoms with E-state index >= 15 is 0 Å². The summed E-state index contributed by atoms with van der Waals surface area (Å²) in [5, 5.41) is 3.43. The van der Waals surface area contributed by atoms with Crippen molar-refractivity contribution in [1.29, 1.82) is 0 Å². The van der Waals surface area contributed by atoms with Crippen molar-refractivity contribution >= 4 is 5.97 Å². The Hall–Kier alpha value is -3.05. The standard InChI is InChI=1S/C21H21N3O2/c1-26-21(25)12-17-3-2-4-18(11-17)14-23-13-16-5-7-19(8-6-16)20-15-22-9-10-24-20/h2-11,15,23H,12-14H2,1H3. The fourth-order valence-corrected chi connectivity index (χ4v) is 2.68. The Morgan fingerprint density at radius 2 is 1.77 bits per heavy atom. The Bertz CT molecular complexity index is 849. The van der Waals surface area contributed by atoms with Crippen LogP contribution in [0.4, 0.5) is 0 Å². The van der Waals surface area contributed by atoms with Crippen molar-refractivity contribution in [1.82, 2.24) is 15.3 Å². The normalized spacial score (nSPS) is 10.5. The number of carbonyl (C=O) groups is 1. The van der Waals surface area contributed by atoms with Crippen molar-refractivity contribution in [2.75, 3.05) is 7.11 Å². The lowest BCUT2D eigenvalue weighted by atomic mass is 10.1. The van der Waals surface area contributed by atoms with E-state index in [1.54, 1.807) is 18.6 Å². The summed E-state index contributed by atoms with van der Waals surface area (Å²) in [7, 11) is 1.41. The number of carbonyl (C=O) groups excluding carboxylic acids is 1. The van der Waals surface area contributed by atoms with Crippen LogP contribution in [0.5, 0.6) is 0 Å². The van der Waals surface area contributed by atoms with E-state index in [2.05, 4.69) is 39.6 Å². The molecule has 0 bridgehead atoms. The maximum atomic E-state index is 11.4. The number of ether oxygens (including phenoxy) is 1. The largest absolute Gasteiger partial charge is 0.469 e. The Kier molecular flexibility index (Phi) is 6.06. The number of nitrogens with one attached hydrogen (secondary N) is 1. The maximum Gasteiger partial charge on any atom is 0.309 e. The van der Waals surface area contributed by atoms with Gasteiger partial charge in [0, 0.05) is 31.0 Å². The summed E-state index contributed by atoms with van der Waals surface area (Å²) in [5.41, 5.74) is 5.22. The van der Waals surface area contributed by atoms with Crippen molar-refractivity contribution in [2.45, 2.75) is 19.5 Å². The summed E-state index contributed by atoms with van der Waals surface area (Å²) in [5.74, 6) is -0.224. The predicted octanol–water partition coefficient (Wildman–Crippen LogP) is 3.15. The van der Waals surface area contributed by atoms with Gasteiger partial charge in [-0.25, -0.2) is 0 Å². The molecule has 0 atom stereocenters. The highest BCUT2D eigenvalue weighted by molar-refractivity contribution is 5.72. The molecule has 0 aliphatic heterocycles. The molecule has 0 unspecified atom stereocenters. The van der Waals surface area contributed by atoms with Crippen molar-refractivity contribution in [3.63, 3.8) is 0 Å². The van der Waals surface area contributed by atoms with Crippen LogP contribution in [0.25, 0.3) is 11.3 Å². The third kappa shape index (κ3) is 4.97. The van der Waals surface area contributed by atoms with Gasteiger partial charge in [-0.3, -0.25) is 14.8 Å². The van der Waals surface area contributed by atoms with Crippen molar-refractivity contribution < 1.29 is 9.53 Å². The van der Waals surface area contributed by atoms with Crippen LogP contribution in [0.1, 0.15) is 16.7 Å². The molecule has 26 heavy (non-hydrogen) atoms. The van der Waals surface area contributed by atoms with E-state index in [-0.39, 0.29) is 5.97 Å². The number of hydrogen-bond donors (Lipinski definition) is 1. The minimum Gasteiger partial charge on any atom is -0.469 e. The highest BCUT2D eigenvalue weighted by Gasteiger charge is 2.04. The van der Waals surface area contributed by atoms with Crippen LogP contribution >= 0.6 is 0 Å². The molecule has 0 aliphatic carbocycles. The molecule has 3 rings (SSSR count). The molecule has 1 heterocycles. The summed E-state index contributed by atoms with van der Waals surface area (Å²) >= 11 is 0. The lowest BCUT2D eigenvalue weighted by Crippen LogP contribution is -2.13. The molecule has 0 amide bonds. The Labute approximate surface area is 153 Å². The SMILES string of the molecule is COC(=O)Cc1cccc(CNCc2ccc(-c3cnccn3)cc2)c1. The van der Waals surface area contributed by atoms with Gasteiger partial charge in [-0.2, -0.15) is 0 Å². The van der Waals surface area contributed by atoms with Crippen LogP contribution in [-0.2, 0) is 29.0 Å². The summed E-state index contributed by atoms with van der Waals surface area (Å²) in [6.45, 7) is 1.50. The quantitative estimate of drug-likeness (QED) is 0.665. The smallest absolute Gasteiger partial charge is 0.309 e. The second-order valence-electron chi connectivity index (χ2n) is 5.96. The van der Waals surface area contributed by atoms with Gasteiger partial charge in [-0.05, 0) is 16.7 Å². The van der Waals surface area contributed by atoms with Crippen LogP contribution in [0.2, 0.25) is 0 Å². The van der Waals surface area contributed by atoms with Gasteiger partial charge in [0.2, 0.25) is 0 Å². The number of methoxy groups -OCH3 is 1. The molecule has 2 aromatic carbocycles. The molecule has 132 valence electrons. The summed E-state index contributed by atoms with van der Waals surface area (Å²) in [6.07, 6.45) is 5.42. The fraction of sp³-hybridized carbons (Fsp3) is 0.190. The van der Waals surface area contributed by atoms with Crippen LogP contribution in [0.15, 0.2) is 67.1 Å². The Morgan fingerprint density at radius 3 is 2.50 bits per heavy atom. The van der Waals surface area contributed by atoms with Gasteiger partial charge in [0.15, 0.2) is 0 Å². The summed E-state index contributed by atoms with van der Waals surface area (Å²) in [4.78, 5) is 19.8. The number of rotatable bonds is 7. The first-order chi connectivity index (χ1) is 12.7. The molecule has 3 aromatic rings. The van der Waals surface area contributed by atoms with Crippen LogP contribution in [0.3, 0.4) is 0 Å².